The van der Waals surface area contributed by atoms with E-state index in [-0.39, 0.29) is 11.7 Å². The van der Waals surface area contributed by atoms with Crippen LogP contribution in [-0.4, -0.2) is 23.4 Å². The third-order valence-electron chi connectivity index (χ3n) is 2.12. The van der Waals surface area contributed by atoms with Gasteiger partial charge in [0.05, 0.1) is 18.3 Å². The van der Waals surface area contributed by atoms with E-state index in [2.05, 4.69) is 13.8 Å². The van der Waals surface area contributed by atoms with Crippen LogP contribution in [0.4, 0.5) is 0 Å². The van der Waals surface area contributed by atoms with Gasteiger partial charge in [0, 0.05) is 5.92 Å². The van der Waals surface area contributed by atoms with Crippen LogP contribution in [0.25, 0.3) is 0 Å². The summed E-state index contributed by atoms with van der Waals surface area (Å²) < 4.78 is 5.45. The molecule has 0 amide bonds. The third kappa shape index (κ3) is 1.70. The van der Waals surface area contributed by atoms with Gasteiger partial charge in [-0.25, -0.2) is 0 Å². The molecule has 0 bridgehead atoms. The van der Waals surface area contributed by atoms with Gasteiger partial charge in [-0.2, -0.15) is 0 Å². The molecule has 0 radical (unpaired) electrons. The molecule has 2 heteroatoms. The van der Waals surface area contributed by atoms with Crippen molar-refractivity contribution in [2.24, 2.45) is 5.92 Å². The maximum atomic E-state index is 9.20. The fourth-order valence-corrected chi connectivity index (χ4v) is 1.39. The second kappa shape index (κ2) is 2.51. The summed E-state index contributed by atoms with van der Waals surface area (Å²) in [6, 6.07) is 0. The average molecular weight is 144 g/mol. The first-order valence-electron chi connectivity index (χ1n) is 3.83. The summed E-state index contributed by atoms with van der Waals surface area (Å²) in [5, 5.41) is 9.20. The van der Waals surface area contributed by atoms with Gasteiger partial charge in [0.25, 0.3) is 0 Å². The van der Waals surface area contributed by atoms with E-state index in [4.69, 9.17) is 4.74 Å². The highest BCUT2D eigenvalue weighted by Crippen LogP contribution is 2.30. The van der Waals surface area contributed by atoms with Crippen molar-refractivity contribution >= 4 is 0 Å². The molecule has 0 aromatic carbocycles. The lowest BCUT2D eigenvalue weighted by molar-refractivity contribution is 0.0308. The Bertz CT molecular complexity index is 118. The zero-order valence-electron chi connectivity index (χ0n) is 6.92. The van der Waals surface area contributed by atoms with Crippen LogP contribution >= 0.6 is 0 Å². The monoisotopic (exact) mass is 144 g/mol. The topological polar surface area (TPSA) is 29.5 Å². The molecule has 0 aromatic heterocycles. The molecule has 1 aliphatic heterocycles. The predicted molar refractivity (Wildman–Crippen MR) is 39.8 cm³/mol. The summed E-state index contributed by atoms with van der Waals surface area (Å²) in [6.07, 6.45) is 0.756. The van der Waals surface area contributed by atoms with Crippen LogP contribution in [0.3, 0.4) is 0 Å². The van der Waals surface area contributed by atoms with Crippen LogP contribution in [0.5, 0.6) is 0 Å². The zero-order valence-corrected chi connectivity index (χ0v) is 6.92. The molecule has 1 aliphatic rings. The van der Waals surface area contributed by atoms with Gasteiger partial charge in [0.15, 0.2) is 0 Å². The summed E-state index contributed by atoms with van der Waals surface area (Å²) in [6.45, 7) is 6.67. The van der Waals surface area contributed by atoms with Crippen molar-refractivity contribution in [2.75, 3.05) is 6.61 Å². The molecule has 2 nitrogen and oxygen atoms in total. The molecule has 0 aliphatic carbocycles. The van der Waals surface area contributed by atoms with Gasteiger partial charge in [-0.1, -0.05) is 0 Å². The molecule has 10 heavy (non-hydrogen) atoms. The van der Waals surface area contributed by atoms with Gasteiger partial charge in [0.1, 0.15) is 0 Å². The molecule has 1 N–H and O–H groups in total. The van der Waals surface area contributed by atoms with E-state index in [0.717, 1.165) is 6.42 Å². The van der Waals surface area contributed by atoms with Crippen molar-refractivity contribution in [3.8, 4) is 0 Å². The van der Waals surface area contributed by atoms with Gasteiger partial charge in [-0.15, -0.1) is 0 Å². The number of aliphatic hydroxyl groups is 1. The second-order valence-electron chi connectivity index (χ2n) is 3.78. The highest BCUT2D eigenvalue weighted by molar-refractivity contribution is 4.83. The number of ether oxygens (including phenoxy) is 1. The van der Waals surface area contributed by atoms with E-state index in [1.54, 1.807) is 0 Å². The van der Waals surface area contributed by atoms with Crippen molar-refractivity contribution in [1.82, 2.24) is 0 Å². The molecule has 1 saturated heterocycles. The van der Waals surface area contributed by atoms with Crippen molar-refractivity contribution in [2.45, 2.75) is 38.9 Å². The maximum Gasteiger partial charge on any atom is 0.0631 e. The summed E-state index contributed by atoms with van der Waals surface area (Å²) >= 11 is 0. The predicted octanol–water partition coefficient (Wildman–Crippen LogP) is 1.18. The zero-order chi connectivity index (χ0) is 7.78. The maximum absolute atomic E-state index is 9.20. The molecule has 0 aromatic rings. The smallest absolute Gasteiger partial charge is 0.0631 e. The van der Waals surface area contributed by atoms with Gasteiger partial charge >= 0.3 is 0 Å². The highest BCUT2D eigenvalue weighted by Gasteiger charge is 2.33. The average Bonchev–Trinajstić information content (AvgIpc) is 2.10. The first kappa shape index (κ1) is 8.02. The van der Waals surface area contributed by atoms with Gasteiger partial charge in [0.2, 0.25) is 0 Å². The minimum absolute atomic E-state index is 0.0122. The SMILES string of the molecule is CC(O)C1COC(C)(C)C1. The minimum atomic E-state index is -0.221. The Morgan fingerprint density at radius 1 is 1.60 bits per heavy atom. The van der Waals surface area contributed by atoms with Crippen LogP contribution in [0.15, 0.2) is 0 Å². The van der Waals surface area contributed by atoms with E-state index in [0.29, 0.717) is 12.5 Å². The molecular formula is C8H16O2. The largest absolute Gasteiger partial charge is 0.393 e. The Kier molecular flexibility index (Phi) is 2.02. The molecule has 0 spiro atoms. The van der Waals surface area contributed by atoms with E-state index in [1.807, 2.05) is 6.92 Å². The Hall–Kier alpha value is -0.0800. The highest BCUT2D eigenvalue weighted by atomic mass is 16.5. The Morgan fingerprint density at radius 2 is 2.20 bits per heavy atom. The van der Waals surface area contributed by atoms with E-state index >= 15 is 0 Å². The number of aliphatic hydroxyl groups excluding tert-OH is 1. The summed E-state index contributed by atoms with van der Waals surface area (Å²) in [7, 11) is 0. The molecule has 2 atom stereocenters. The molecule has 1 fully saturated rings. The van der Waals surface area contributed by atoms with Crippen molar-refractivity contribution < 1.29 is 9.84 Å². The quantitative estimate of drug-likeness (QED) is 0.599. The summed E-state index contributed by atoms with van der Waals surface area (Å²) in [5.41, 5.74) is -0.0122. The normalized spacial score (nSPS) is 34.2. The molecule has 2 unspecified atom stereocenters. The van der Waals surface area contributed by atoms with Crippen LogP contribution in [0.2, 0.25) is 0 Å². The minimum Gasteiger partial charge on any atom is -0.393 e. The number of rotatable bonds is 1. The molecule has 1 rings (SSSR count). The number of hydrogen-bond donors (Lipinski definition) is 1. The summed E-state index contributed by atoms with van der Waals surface area (Å²) in [5.74, 6) is 0.343. The van der Waals surface area contributed by atoms with Crippen molar-refractivity contribution in [1.29, 1.82) is 0 Å². The first-order valence-corrected chi connectivity index (χ1v) is 3.83. The van der Waals surface area contributed by atoms with Crippen LogP contribution < -0.4 is 0 Å². The van der Waals surface area contributed by atoms with Crippen molar-refractivity contribution in [3.05, 3.63) is 0 Å². The van der Waals surface area contributed by atoms with E-state index in [9.17, 15) is 5.11 Å². The van der Waals surface area contributed by atoms with Crippen molar-refractivity contribution in [3.63, 3.8) is 0 Å². The molecular weight excluding hydrogens is 128 g/mol. The second-order valence-corrected chi connectivity index (χ2v) is 3.78. The first-order chi connectivity index (χ1) is 4.51. The lowest BCUT2D eigenvalue weighted by Gasteiger charge is -2.16. The molecule has 0 saturated carbocycles. The Balaban J connectivity index is 2.43. The summed E-state index contributed by atoms with van der Waals surface area (Å²) in [4.78, 5) is 0. The lowest BCUT2D eigenvalue weighted by Crippen LogP contribution is -2.19. The Labute approximate surface area is 62.2 Å². The van der Waals surface area contributed by atoms with Gasteiger partial charge in [-0.05, 0) is 27.2 Å². The van der Waals surface area contributed by atoms with Crippen LogP contribution in [0.1, 0.15) is 27.2 Å². The van der Waals surface area contributed by atoms with Crippen LogP contribution in [-0.2, 0) is 4.74 Å². The standard InChI is InChI=1S/C8H16O2/c1-6(9)7-4-8(2,3)10-5-7/h6-7,9H,4-5H2,1-3H3. The Morgan fingerprint density at radius 3 is 2.40 bits per heavy atom. The third-order valence-corrected chi connectivity index (χ3v) is 2.12. The van der Waals surface area contributed by atoms with Gasteiger partial charge < -0.3 is 9.84 Å². The fraction of sp³-hybridized carbons (Fsp3) is 1.00. The van der Waals surface area contributed by atoms with E-state index in [1.165, 1.54) is 0 Å². The number of hydrogen-bond acceptors (Lipinski definition) is 2. The molecule has 60 valence electrons. The fourth-order valence-electron chi connectivity index (χ4n) is 1.39. The molecule has 1 heterocycles. The van der Waals surface area contributed by atoms with Crippen LogP contribution in [0, 0.1) is 5.92 Å². The van der Waals surface area contributed by atoms with E-state index < -0.39 is 0 Å². The lowest BCUT2D eigenvalue weighted by atomic mass is 9.94. The van der Waals surface area contributed by atoms with Gasteiger partial charge in [-0.3, -0.25) is 0 Å².